The average molecular weight is 272 g/mol. The molecule has 0 N–H and O–H groups in total. The maximum absolute atomic E-state index is 12.6. The Kier molecular flexibility index (Phi) is 4.37. The first kappa shape index (κ1) is 14.2. The van der Waals surface area contributed by atoms with Crippen molar-refractivity contribution in [3.8, 4) is 0 Å². The highest BCUT2D eigenvalue weighted by molar-refractivity contribution is 6.16. The lowest BCUT2D eigenvalue weighted by atomic mass is 10.2. The Labute approximate surface area is 102 Å². The van der Waals surface area contributed by atoms with Crippen LogP contribution >= 0.6 is 11.6 Å². The molecule has 0 aromatic carbocycles. The Hall–Kier alpha value is -0.820. The molecule has 0 saturated carbocycles. The monoisotopic (exact) mass is 271 g/mol. The summed E-state index contributed by atoms with van der Waals surface area (Å²) in [6.07, 6.45) is -4.94. The predicted octanol–water partition coefficient (Wildman–Crippen LogP) is 2.85. The van der Waals surface area contributed by atoms with Crippen LogP contribution in [0.5, 0.6) is 0 Å². The van der Waals surface area contributed by atoms with Gasteiger partial charge in [-0.05, 0) is 13.8 Å². The number of hydrogen-bond donors (Lipinski definition) is 0. The molecule has 0 fully saturated rings. The van der Waals surface area contributed by atoms with Crippen LogP contribution in [0.3, 0.4) is 0 Å². The predicted molar refractivity (Wildman–Crippen MR) is 55.8 cm³/mol. The van der Waals surface area contributed by atoms with Crippen LogP contribution in [0, 0.1) is 0 Å². The molecule has 17 heavy (non-hydrogen) atoms. The zero-order valence-corrected chi connectivity index (χ0v) is 10.4. The molecule has 2 unspecified atom stereocenters. The smallest absolute Gasteiger partial charge is 0.375 e. The third-order valence-corrected chi connectivity index (χ3v) is 2.76. The molecule has 0 saturated heterocycles. The molecule has 8 heteroatoms. The van der Waals surface area contributed by atoms with Crippen LogP contribution < -0.4 is 0 Å². The van der Waals surface area contributed by atoms with Gasteiger partial charge in [0.1, 0.15) is 11.7 Å². The number of alkyl halides is 4. The molecule has 0 amide bonds. The van der Waals surface area contributed by atoms with E-state index in [4.69, 9.17) is 16.3 Å². The summed E-state index contributed by atoms with van der Waals surface area (Å²) in [5.74, 6) is -0.00634. The highest BCUT2D eigenvalue weighted by Gasteiger charge is 2.40. The van der Waals surface area contributed by atoms with Crippen molar-refractivity contribution < 1.29 is 17.9 Å². The minimum atomic E-state index is -4.39. The number of hydrogen-bond acceptors (Lipinski definition) is 3. The van der Waals surface area contributed by atoms with E-state index in [-0.39, 0.29) is 11.6 Å². The molecule has 4 nitrogen and oxygen atoms in total. The van der Waals surface area contributed by atoms with Crippen molar-refractivity contribution in [1.82, 2.24) is 15.0 Å². The fourth-order valence-corrected chi connectivity index (χ4v) is 1.58. The summed E-state index contributed by atoms with van der Waals surface area (Å²) in [4.78, 5) is 0. The van der Waals surface area contributed by atoms with E-state index in [0.29, 0.717) is 5.69 Å². The number of nitrogens with zero attached hydrogens (tertiary/aromatic N) is 3. The molecule has 0 spiro atoms. The molecule has 0 bridgehead atoms. The second kappa shape index (κ2) is 5.22. The van der Waals surface area contributed by atoms with Crippen molar-refractivity contribution in [2.75, 3.05) is 7.11 Å². The highest BCUT2D eigenvalue weighted by atomic mass is 35.5. The van der Waals surface area contributed by atoms with Crippen LogP contribution in [0.15, 0.2) is 0 Å². The summed E-state index contributed by atoms with van der Waals surface area (Å²) in [5.41, 5.74) is 0.560. The minimum absolute atomic E-state index is 0.00634. The number of methoxy groups -OCH3 is 1. The van der Waals surface area contributed by atoms with Crippen molar-refractivity contribution in [1.29, 1.82) is 0 Å². The van der Waals surface area contributed by atoms with E-state index < -0.39 is 18.3 Å². The van der Waals surface area contributed by atoms with Crippen LogP contribution in [0.2, 0.25) is 0 Å². The lowest BCUT2D eigenvalue weighted by molar-refractivity contribution is -0.166. The molecule has 98 valence electrons. The molecular weight excluding hydrogens is 259 g/mol. The number of ether oxygens (including phenoxy) is 1. The number of aromatic nitrogens is 3. The zero-order chi connectivity index (χ0) is 13.2. The molecule has 1 aromatic heterocycles. The van der Waals surface area contributed by atoms with Gasteiger partial charge < -0.3 is 4.74 Å². The first-order chi connectivity index (χ1) is 7.82. The van der Waals surface area contributed by atoms with Gasteiger partial charge >= 0.3 is 6.18 Å². The third-order valence-electron chi connectivity index (χ3n) is 2.51. The summed E-state index contributed by atoms with van der Waals surface area (Å²) >= 11 is 5.61. The Morgan fingerprint density at radius 1 is 1.41 bits per heavy atom. The van der Waals surface area contributed by atoms with E-state index in [1.54, 1.807) is 6.92 Å². The average Bonchev–Trinajstić information content (AvgIpc) is 2.68. The van der Waals surface area contributed by atoms with Gasteiger partial charge in [0.25, 0.3) is 0 Å². The topological polar surface area (TPSA) is 39.9 Å². The summed E-state index contributed by atoms with van der Waals surface area (Å²) in [6, 6.07) is -1.76. The molecule has 0 aliphatic heterocycles. The fraction of sp³-hybridized carbons (Fsp3) is 0.778. The molecule has 0 aliphatic rings. The quantitative estimate of drug-likeness (QED) is 0.791. The van der Waals surface area contributed by atoms with E-state index in [9.17, 15) is 13.2 Å². The summed E-state index contributed by atoms with van der Waals surface area (Å²) in [5, 5.41) is 7.14. The maximum atomic E-state index is 12.6. The second-order valence-corrected chi connectivity index (χ2v) is 3.86. The van der Waals surface area contributed by atoms with Crippen molar-refractivity contribution in [3.05, 3.63) is 11.4 Å². The molecule has 1 heterocycles. The highest BCUT2D eigenvalue weighted by Crippen LogP contribution is 2.33. The van der Waals surface area contributed by atoms with Gasteiger partial charge in [-0.25, -0.2) is 4.68 Å². The van der Waals surface area contributed by atoms with Crippen molar-refractivity contribution in [2.24, 2.45) is 0 Å². The summed E-state index contributed by atoms with van der Waals surface area (Å²) < 4.78 is 43.7. The number of rotatable bonds is 4. The van der Waals surface area contributed by atoms with Gasteiger partial charge in [0.2, 0.25) is 0 Å². The van der Waals surface area contributed by atoms with Crippen LogP contribution in [-0.2, 0) is 10.6 Å². The van der Waals surface area contributed by atoms with Crippen molar-refractivity contribution >= 4 is 11.6 Å². The van der Waals surface area contributed by atoms with Gasteiger partial charge in [0, 0.05) is 7.11 Å². The Morgan fingerprint density at radius 3 is 2.41 bits per heavy atom. The molecule has 0 radical (unpaired) electrons. The maximum Gasteiger partial charge on any atom is 0.410 e. The van der Waals surface area contributed by atoms with Crippen LogP contribution in [0.1, 0.15) is 37.4 Å². The zero-order valence-electron chi connectivity index (χ0n) is 9.62. The van der Waals surface area contributed by atoms with E-state index >= 15 is 0 Å². The standard InChI is InChI=1S/C9H13ClF3N3O/c1-5(17-3)8-7(4-10)14-15-16(8)6(2)9(11,12)13/h5-6H,4H2,1-3H3. The van der Waals surface area contributed by atoms with Gasteiger partial charge in [-0.15, -0.1) is 16.7 Å². The first-order valence-electron chi connectivity index (χ1n) is 4.92. The Balaban J connectivity index is 3.20. The van der Waals surface area contributed by atoms with E-state index in [0.717, 1.165) is 11.6 Å². The Bertz CT molecular complexity index is 380. The van der Waals surface area contributed by atoms with E-state index in [1.807, 2.05) is 0 Å². The van der Waals surface area contributed by atoms with Crippen LogP contribution in [-0.4, -0.2) is 28.3 Å². The number of halogens is 4. The second-order valence-electron chi connectivity index (χ2n) is 3.60. The van der Waals surface area contributed by atoms with Crippen LogP contribution in [0.4, 0.5) is 13.2 Å². The summed E-state index contributed by atoms with van der Waals surface area (Å²) in [7, 11) is 1.40. The molecular formula is C9H13ClF3N3O. The minimum Gasteiger partial charge on any atom is -0.375 e. The molecule has 0 aliphatic carbocycles. The van der Waals surface area contributed by atoms with Gasteiger partial charge in [0.05, 0.1) is 17.7 Å². The van der Waals surface area contributed by atoms with Gasteiger partial charge in [-0.1, -0.05) is 5.21 Å². The fourth-order valence-electron chi connectivity index (χ4n) is 1.39. The summed E-state index contributed by atoms with van der Waals surface area (Å²) in [6.45, 7) is 2.63. The van der Waals surface area contributed by atoms with Gasteiger partial charge in [0.15, 0.2) is 0 Å². The molecule has 2 atom stereocenters. The van der Waals surface area contributed by atoms with E-state index in [2.05, 4.69) is 10.3 Å². The van der Waals surface area contributed by atoms with E-state index in [1.165, 1.54) is 7.11 Å². The molecule has 1 aromatic rings. The van der Waals surface area contributed by atoms with Crippen molar-refractivity contribution in [3.63, 3.8) is 0 Å². The lowest BCUT2D eigenvalue weighted by Crippen LogP contribution is -2.27. The van der Waals surface area contributed by atoms with Crippen LogP contribution in [0.25, 0.3) is 0 Å². The normalized spacial score (nSPS) is 15.9. The van der Waals surface area contributed by atoms with Gasteiger partial charge in [-0.2, -0.15) is 13.2 Å². The van der Waals surface area contributed by atoms with Gasteiger partial charge in [-0.3, -0.25) is 0 Å². The first-order valence-corrected chi connectivity index (χ1v) is 5.45. The SMILES string of the molecule is COC(C)c1c(CCl)nnn1C(C)C(F)(F)F. The van der Waals surface area contributed by atoms with Crippen molar-refractivity contribution in [2.45, 2.75) is 38.0 Å². The third kappa shape index (κ3) is 2.90. The lowest BCUT2D eigenvalue weighted by Gasteiger charge is -2.20. The largest absolute Gasteiger partial charge is 0.410 e. The Morgan fingerprint density at radius 2 is 2.00 bits per heavy atom. The molecule has 1 rings (SSSR count).